The summed E-state index contributed by atoms with van der Waals surface area (Å²) >= 11 is 3.45. The highest BCUT2D eigenvalue weighted by molar-refractivity contribution is 9.10. The molecule has 1 N–H and O–H groups in total. The zero-order valence-electron chi connectivity index (χ0n) is 9.52. The van der Waals surface area contributed by atoms with Crippen molar-refractivity contribution in [2.45, 2.75) is 6.54 Å². The molecule has 0 radical (unpaired) electrons. The van der Waals surface area contributed by atoms with Gasteiger partial charge in [0.2, 0.25) is 6.79 Å². The maximum absolute atomic E-state index is 5.46. The van der Waals surface area contributed by atoms with Crippen LogP contribution in [0.5, 0.6) is 11.5 Å². The molecule has 0 bridgehead atoms. The van der Waals surface area contributed by atoms with Crippen molar-refractivity contribution in [1.82, 2.24) is 4.98 Å². The van der Waals surface area contributed by atoms with Crippen LogP contribution in [0, 0.1) is 0 Å². The predicted molar refractivity (Wildman–Crippen MR) is 71.8 cm³/mol. The summed E-state index contributed by atoms with van der Waals surface area (Å²) in [6.07, 6.45) is 3.51. The van der Waals surface area contributed by atoms with E-state index in [1.807, 2.05) is 24.3 Å². The van der Waals surface area contributed by atoms with Gasteiger partial charge in [-0.15, -0.1) is 0 Å². The Labute approximate surface area is 113 Å². The molecule has 0 atom stereocenters. The van der Waals surface area contributed by atoms with E-state index in [9.17, 15) is 0 Å². The zero-order valence-corrected chi connectivity index (χ0v) is 11.1. The molecule has 0 saturated heterocycles. The van der Waals surface area contributed by atoms with Gasteiger partial charge in [-0.25, -0.2) is 0 Å². The smallest absolute Gasteiger partial charge is 0.231 e. The van der Waals surface area contributed by atoms with Gasteiger partial charge in [-0.3, -0.25) is 4.98 Å². The van der Waals surface area contributed by atoms with Crippen LogP contribution in [0.4, 0.5) is 5.69 Å². The molecule has 2 heterocycles. The van der Waals surface area contributed by atoms with Gasteiger partial charge < -0.3 is 14.8 Å². The molecule has 1 aliphatic rings. The molecule has 5 heteroatoms. The summed E-state index contributed by atoms with van der Waals surface area (Å²) in [5.41, 5.74) is 2.08. The first kappa shape index (κ1) is 11.3. The molecule has 0 spiro atoms. The fourth-order valence-corrected chi connectivity index (χ4v) is 2.23. The number of anilines is 1. The fraction of sp³-hybridized carbons (Fsp3) is 0.154. The lowest BCUT2D eigenvalue weighted by atomic mass is 10.2. The van der Waals surface area contributed by atoms with E-state index in [1.165, 1.54) is 0 Å². The molecule has 1 aromatic carbocycles. The first-order valence-corrected chi connectivity index (χ1v) is 6.35. The van der Waals surface area contributed by atoms with Crippen LogP contribution in [0.2, 0.25) is 0 Å². The molecule has 0 amide bonds. The molecule has 0 aliphatic carbocycles. The van der Waals surface area contributed by atoms with Crippen molar-refractivity contribution in [3.05, 3.63) is 46.7 Å². The molecule has 4 nitrogen and oxygen atoms in total. The lowest BCUT2D eigenvalue weighted by molar-refractivity contribution is 0.173. The fourth-order valence-electron chi connectivity index (χ4n) is 1.84. The Kier molecular flexibility index (Phi) is 3.06. The minimum Gasteiger partial charge on any atom is -0.454 e. The molecule has 1 aromatic heterocycles. The van der Waals surface area contributed by atoms with Gasteiger partial charge >= 0.3 is 0 Å². The number of fused-ring (bicyclic) bond motifs is 1. The van der Waals surface area contributed by atoms with Crippen LogP contribution in [0.3, 0.4) is 0 Å². The van der Waals surface area contributed by atoms with Gasteiger partial charge in [-0.1, -0.05) is 12.1 Å². The zero-order chi connectivity index (χ0) is 12.4. The molecule has 92 valence electrons. The van der Waals surface area contributed by atoms with Gasteiger partial charge in [0, 0.05) is 24.5 Å². The van der Waals surface area contributed by atoms with Crippen molar-refractivity contribution < 1.29 is 9.47 Å². The second-order valence-electron chi connectivity index (χ2n) is 3.86. The summed E-state index contributed by atoms with van der Waals surface area (Å²) in [6.45, 7) is 0.973. The lowest BCUT2D eigenvalue weighted by Crippen LogP contribution is -2.01. The van der Waals surface area contributed by atoms with Crippen LogP contribution in [-0.4, -0.2) is 11.8 Å². The van der Waals surface area contributed by atoms with Gasteiger partial charge in [-0.05, 0) is 28.1 Å². The van der Waals surface area contributed by atoms with E-state index >= 15 is 0 Å². The van der Waals surface area contributed by atoms with Crippen LogP contribution < -0.4 is 14.8 Å². The van der Waals surface area contributed by atoms with Gasteiger partial charge in [0.25, 0.3) is 0 Å². The third-order valence-electron chi connectivity index (χ3n) is 2.72. The Hall–Kier alpha value is -1.75. The predicted octanol–water partition coefficient (Wildman–Crippen LogP) is 3.18. The normalized spacial score (nSPS) is 12.5. The van der Waals surface area contributed by atoms with E-state index in [4.69, 9.17) is 9.47 Å². The summed E-state index contributed by atoms with van der Waals surface area (Å²) in [4.78, 5) is 4.03. The standard InChI is InChI=1S/C13H11BrN2O2/c14-10-7-15-5-4-11(10)16-6-9-2-1-3-12-13(9)18-8-17-12/h1-5,7H,6,8H2,(H,15,16). The van der Waals surface area contributed by atoms with Crippen LogP contribution in [-0.2, 0) is 6.54 Å². The maximum atomic E-state index is 5.46. The first-order chi connectivity index (χ1) is 8.84. The average Bonchev–Trinajstić information content (AvgIpc) is 2.86. The lowest BCUT2D eigenvalue weighted by Gasteiger charge is -2.09. The van der Waals surface area contributed by atoms with Crippen molar-refractivity contribution in [3.8, 4) is 11.5 Å². The summed E-state index contributed by atoms with van der Waals surface area (Å²) in [6, 6.07) is 7.82. The highest BCUT2D eigenvalue weighted by Crippen LogP contribution is 2.35. The maximum Gasteiger partial charge on any atom is 0.231 e. The Morgan fingerprint density at radius 3 is 3.11 bits per heavy atom. The molecule has 3 rings (SSSR count). The van der Waals surface area contributed by atoms with Gasteiger partial charge in [0.05, 0.1) is 10.2 Å². The Morgan fingerprint density at radius 2 is 2.22 bits per heavy atom. The van der Waals surface area contributed by atoms with Crippen molar-refractivity contribution in [3.63, 3.8) is 0 Å². The second kappa shape index (κ2) is 4.86. The van der Waals surface area contributed by atoms with E-state index in [0.717, 1.165) is 27.2 Å². The van der Waals surface area contributed by atoms with E-state index in [2.05, 4.69) is 26.2 Å². The highest BCUT2D eigenvalue weighted by atomic mass is 79.9. The largest absolute Gasteiger partial charge is 0.454 e. The molecule has 2 aromatic rings. The number of nitrogens with zero attached hydrogens (tertiary/aromatic N) is 1. The Balaban J connectivity index is 1.78. The van der Waals surface area contributed by atoms with Crippen LogP contribution >= 0.6 is 15.9 Å². The number of nitrogens with one attached hydrogen (secondary N) is 1. The number of aromatic nitrogens is 1. The third-order valence-corrected chi connectivity index (χ3v) is 3.35. The minimum atomic E-state index is 0.297. The highest BCUT2D eigenvalue weighted by Gasteiger charge is 2.16. The number of pyridine rings is 1. The summed E-state index contributed by atoms with van der Waals surface area (Å²) < 4.78 is 11.7. The molecular weight excluding hydrogens is 296 g/mol. The summed E-state index contributed by atoms with van der Waals surface area (Å²) in [7, 11) is 0. The van der Waals surface area contributed by atoms with Crippen LogP contribution in [0.15, 0.2) is 41.1 Å². The number of benzene rings is 1. The van der Waals surface area contributed by atoms with E-state index in [1.54, 1.807) is 12.4 Å². The van der Waals surface area contributed by atoms with Crippen molar-refractivity contribution in [1.29, 1.82) is 0 Å². The third kappa shape index (κ3) is 2.13. The molecule has 18 heavy (non-hydrogen) atoms. The molecule has 0 fully saturated rings. The molecule has 1 aliphatic heterocycles. The van der Waals surface area contributed by atoms with Gasteiger partial charge in [-0.2, -0.15) is 0 Å². The summed E-state index contributed by atoms with van der Waals surface area (Å²) in [5, 5.41) is 3.34. The van der Waals surface area contributed by atoms with E-state index < -0.39 is 0 Å². The number of halogens is 1. The topological polar surface area (TPSA) is 43.4 Å². The van der Waals surface area contributed by atoms with Crippen LogP contribution in [0.25, 0.3) is 0 Å². The van der Waals surface area contributed by atoms with E-state index in [-0.39, 0.29) is 0 Å². The molecule has 0 saturated carbocycles. The average molecular weight is 307 g/mol. The number of hydrogen-bond acceptors (Lipinski definition) is 4. The number of para-hydroxylation sites is 1. The Bertz CT molecular complexity index is 575. The number of hydrogen-bond donors (Lipinski definition) is 1. The SMILES string of the molecule is Brc1cnccc1NCc1cccc2c1OCO2. The monoisotopic (exact) mass is 306 g/mol. The molecular formula is C13H11BrN2O2. The van der Waals surface area contributed by atoms with Crippen molar-refractivity contribution in [2.75, 3.05) is 12.1 Å². The first-order valence-electron chi connectivity index (χ1n) is 5.55. The number of rotatable bonds is 3. The van der Waals surface area contributed by atoms with Crippen LogP contribution in [0.1, 0.15) is 5.56 Å². The van der Waals surface area contributed by atoms with Gasteiger partial charge in [0.1, 0.15) is 0 Å². The van der Waals surface area contributed by atoms with Crippen molar-refractivity contribution >= 4 is 21.6 Å². The van der Waals surface area contributed by atoms with E-state index in [0.29, 0.717) is 13.3 Å². The summed E-state index contributed by atoms with van der Waals surface area (Å²) in [5.74, 6) is 1.64. The molecule has 0 unspecified atom stereocenters. The second-order valence-corrected chi connectivity index (χ2v) is 4.71. The number of ether oxygens (including phenoxy) is 2. The quantitative estimate of drug-likeness (QED) is 0.946. The Morgan fingerprint density at radius 1 is 1.28 bits per heavy atom. The van der Waals surface area contributed by atoms with Crippen molar-refractivity contribution in [2.24, 2.45) is 0 Å². The minimum absolute atomic E-state index is 0.297. The van der Waals surface area contributed by atoms with Gasteiger partial charge in [0.15, 0.2) is 11.5 Å².